The average Bonchev–Trinajstić information content (AvgIpc) is 2.79. The van der Waals surface area contributed by atoms with Gasteiger partial charge in [-0.05, 0) is 49.9 Å². The number of rotatable bonds is 12. The number of anilines is 1. The van der Waals surface area contributed by atoms with Crippen LogP contribution in [0.3, 0.4) is 0 Å². The molecule has 0 saturated carbocycles. The predicted octanol–water partition coefficient (Wildman–Crippen LogP) is 3.15. The fourth-order valence-electron chi connectivity index (χ4n) is 3.66. The van der Waals surface area contributed by atoms with E-state index in [1.807, 2.05) is 31.2 Å². The summed E-state index contributed by atoms with van der Waals surface area (Å²) in [6, 6.07) is 13.0. The maximum absolute atomic E-state index is 12.3. The van der Waals surface area contributed by atoms with Gasteiger partial charge in [-0.2, -0.15) is 0 Å². The molecule has 0 fully saturated rings. The van der Waals surface area contributed by atoms with Crippen LogP contribution in [0.5, 0.6) is 17.2 Å². The van der Waals surface area contributed by atoms with E-state index in [1.165, 1.54) is 4.31 Å². The standard InChI is InChI=1S/C24H32N2O6S/c1-3-30-21-10-5-4-8-19(21)9-6-14-25-24(27)11-7-15-26(33(2,28)29)20-12-13-22-23(18-20)32-17-16-31-22/h4-5,8,10,12-13,18H,3,6-7,9,11,14-17H2,1-2H3,(H,25,27). The second-order valence-corrected chi connectivity index (χ2v) is 9.67. The monoisotopic (exact) mass is 476 g/mol. The highest BCUT2D eigenvalue weighted by Crippen LogP contribution is 2.34. The second kappa shape index (κ2) is 11.8. The van der Waals surface area contributed by atoms with Crippen LogP contribution in [0.15, 0.2) is 42.5 Å². The summed E-state index contributed by atoms with van der Waals surface area (Å²) in [5.74, 6) is 1.91. The average molecular weight is 477 g/mol. The number of carbonyl (C=O) groups excluding carboxylic acids is 1. The third-order valence-corrected chi connectivity index (χ3v) is 6.39. The number of para-hydroxylation sites is 1. The molecule has 0 atom stereocenters. The van der Waals surface area contributed by atoms with Gasteiger partial charge in [0.15, 0.2) is 11.5 Å². The number of nitrogens with one attached hydrogen (secondary N) is 1. The summed E-state index contributed by atoms with van der Waals surface area (Å²) >= 11 is 0. The molecule has 2 aromatic carbocycles. The topological polar surface area (TPSA) is 94.2 Å². The first-order chi connectivity index (χ1) is 15.9. The van der Waals surface area contributed by atoms with Gasteiger partial charge in [0.1, 0.15) is 19.0 Å². The lowest BCUT2D eigenvalue weighted by atomic mass is 10.1. The number of benzene rings is 2. The Morgan fingerprint density at radius 2 is 1.85 bits per heavy atom. The molecule has 0 aliphatic carbocycles. The zero-order valence-corrected chi connectivity index (χ0v) is 20.0. The second-order valence-electron chi connectivity index (χ2n) is 7.76. The Bertz CT molecular complexity index is 1040. The molecule has 0 aromatic heterocycles. The molecule has 1 aliphatic heterocycles. The Balaban J connectivity index is 1.45. The Kier molecular flexibility index (Phi) is 8.82. The van der Waals surface area contributed by atoms with Crippen molar-refractivity contribution in [3.05, 3.63) is 48.0 Å². The van der Waals surface area contributed by atoms with Crippen molar-refractivity contribution in [2.75, 3.05) is 43.5 Å². The number of ether oxygens (including phenoxy) is 3. The van der Waals surface area contributed by atoms with Crippen LogP contribution in [0.25, 0.3) is 0 Å². The zero-order chi connectivity index (χ0) is 23.7. The number of hydrogen-bond acceptors (Lipinski definition) is 6. The minimum absolute atomic E-state index is 0.0938. The first-order valence-electron chi connectivity index (χ1n) is 11.2. The Hall–Kier alpha value is -2.94. The summed E-state index contributed by atoms with van der Waals surface area (Å²) in [6.07, 6.45) is 3.40. The van der Waals surface area contributed by atoms with Gasteiger partial charge in [-0.15, -0.1) is 0 Å². The van der Waals surface area contributed by atoms with Crippen molar-refractivity contribution in [1.82, 2.24) is 5.32 Å². The van der Waals surface area contributed by atoms with E-state index in [9.17, 15) is 13.2 Å². The molecule has 0 bridgehead atoms. The number of fused-ring (bicyclic) bond motifs is 1. The van der Waals surface area contributed by atoms with E-state index in [0.717, 1.165) is 30.4 Å². The molecule has 1 heterocycles. The minimum Gasteiger partial charge on any atom is -0.494 e. The lowest BCUT2D eigenvalue weighted by Crippen LogP contribution is -2.32. The number of nitrogens with zero attached hydrogens (tertiary/aromatic N) is 1. The van der Waals surface area contributed by atoms with Gasteiger partial charge in [0.2, 0.25) is 15.9 Å². The van der Waals surface area contributed by atoms with E-state index in [4.69, 9.17) is 14.2 Å². The molecule has 0 spiro atoms. The number of aryl methyl sites for hydroxylation is 1. The van der Waals surface area contributed by atoms with Crippen LogP contribution in [0, 0.1) is 0 Å². The molecule has 180 valence electrons. The van der Waals surface area contributed by atoms with Crippen molar-refractivity contribution < 1.29 is 27.4 Å². The molecule has 9 heteroatoms. The van der Waals surface area contributed by atoms with Gasteiger partial charge in [-0.1, -0.05) is 18.2 Å². The van der Waals surface area contributed by atoms with Crippen molar-refractivity contribution in [3.8, 4) is 17.2 Å². The van der Waals surface area contributed by atoms with Crippen LogP contribution in [0.1, 0.15) is 31.7 Å². The highest BCUT2D eigenvalue weighted by Gasteiger charge is 2.21. The number of carbonyl (C=O) groups is 1. The Morgan fingerprint density at radius 3 is 2.61 bits per heavy atom. The van der Waals surface area contributed by atoms with Crippen molar-refractivity contribution in [2.45, 2.75) is 32.6 Å². The molecule has 1 aliphatic rings. The van der Waals surface area contributed by atoms with Crippen LogP contribution in [-0.4, -0.2) is 53.5 Å². The van der Waals surface area contributed by atoms with Gasteiger partial charge in [-0.25, -0.2) is 8.42 Å². The SMILES string of the molecule is CCOc1ccccc1CCCNC(=O)CCCN(c1ccc2c(c1)OCCO2)S(C)(=O)=O. The molecule has 2 aromatic rings. The highest BCUT2D eigenvalue weighted by atomic mass is 32.2. The lowest BCUT2D eigenvalue weighted by molar-refractivity contribution is -0.121. The van der Waals surface area contributed by atoms with E-state index in [2.05, 4.69) is 5.32 Å². The van der Waals surface area contributed by atoms with Crippen LogP contribution in [0.4, 0.5) is 5.69 Å². The maximum Gasteiger partial charge on any atom is 0.232 e. The van der Waals surface area contributed by atoms with Gasteiger partial charge in [0.25, 0.3) is 0 Å². The lowest BCUT2D eigenvalue weighted by Gasteiger charge is -2.25. The van der Waals surface area contributed by atoms with Crippen LogP contribution < -0.4 is 23.8 Å². The molecular weight excluding hydrogens is 444 g/mol. The third-order valence-electron chi connectivity index (χ3n) is 5.20. The van der Waals surface area contributed by atoms with Gasteiger partial charge in [-0.3, -0.25) is 9.10 Å². The minimum atomic E-state index is -3.51. The first-order valence-corrected chi connectivity index (χ1v) is 13.1. The van der Waals surface area contributed by atoms with Crippen molar-refractivity contribution >= 4 is 21.6 Å². The third kappa shape index (κ3) is 7.28. The predicted molar refractivity (Wildman–Crippen MR) is 128 cm³/mol. The fraction of sp³-hybridized carbons (Fsp3) is 0.458. The van der Waals surface area contributed by atoms with Crippen molar-refractivity contribution in [1.29, 1.82) is 0 Å². The highest BCUT2D eigenvalue weighted by molar-refractivity contribution is 7.92. The van der Waals surface area contributed by atoms with E-state index < -0.39 is 10.0 Å². The maximum atomic E-state index is 12.3. The fourth-order valence-corrected chi connectivity index (χ4v) is 4.62. The largest absolute Gasteiger partial charge is 0.494 e. The van der Waals surface area contributed by atoms with E-state index in [0.29, 0.717) is 50.0 Å². The van der Waals surface area contributed by atoms with Gasteiger partial charge in [0, 0.05) is 25.6 Å². The molecule has 0 radical (unpaired) electrons. The smallest absolute Gasteiger partial charge is 0.232 e. The van der Waals surface area contributed by atoms with Crippen molar-refractivity contribution in [3.63, 3.8) is 0 Å². The molecular formula is C24H32N2O6S. The van der Waals surface area contributed by atoms with E-state index >= 15 is 0 Å². The normalized spacial score (nSPS) is 12.8. The Labute approximate surface area is 195 Å². The molecule has 1 N–H and O–H groups in total. The summed E-state index contributed by atoms with van der Waals surface area (Å²) in [7, 11) is -3.51. The summed E-state index contributed by atoms with van der Waals surface area (Å²) in [4.78, 5) is 12.2. The van der Waals surface area contributed by atoms with Crippen LogP contribution in [0.2, 0.25) is 0 Å². The number of sulfonamides is 1. The molecule has 1 amide bonds. The van der Waals surface area contributed by atoms with Crippen molar-refractivity contribution in [2.24, 2.45) is 0 Å². The molecule has 8 nitrogen and oxygen atoms in total. The number of hydrogen-bond donors (Lipinski definition) is 1. The van der Waals surface area contributed by atoms with Gasteiger partial charge >= 0.3 is 0 Å². The molecule has 0 saturated heterocycles. The quantitative estimate of drug-likeness (QED) is 0.473. The zero-order valence-electron chi connectivity index (χ0n) is 19.2. The van der Waals surface area contributed by atoms with Gasteiger partial charge < -0.3 is 19.5 Å². The summed E-state index contributed by atoms with van der Waals surface area (Å²) in [5.41, 5.74) is 1.62. The molecule has 3 rings (SSSR count). The van der Waals surface area contributed by atoms with Gasteiger partial charge in [0.05, 0.1) is 18.6 Å². The first kappa shape index (κ1) is 24.7. The van der Waals surface area contributed by atoms with E-state index in [1.54, 1.807) is 18.2 Å². The molecule has 0 unspecified atom stereocenters. The Morgan fingerprint density at radius 1 is 1.09 bits per heavy atom. The summed E-state index contributed by atoms with van der Waals surface area (Å²) in [6.45, 7) is 4.22. The van der Waals surface area contributed by atoms with Crippen LogP contribution >= 0.6 is 0 Å². The number of amides is 1. The summed E-state index contributed by atoms with van der Waals surface area (Å²) < 4.78 is 42.7. The summed E-state index contributed by atoms with van der Waals surface area (Å²) in [5, 5.41) is 2.91. The molecule has 33 heavy (non-hydrogen) atoms. The van der Waals surface area contributed by atoms with E-state index in [-0.39, 0.29) is 18.9 Å². The van der Waals surface area contributed by atoms with Crippen LogP contribution in [-0.2, 0) is 21.2 Å².